The molecule has 1 aromatic rings. The molecule has 0 saturated heterocycles. The first-order valence-corrected chi connectivity index (χ1v) is 6.32. The summed E-state index contributed by atoms with van der Waals surface area (Å²) in [5.41, 5.74) is 6.06. The highest BCUT2D eigenvalue weighted by atomic mass is 19.2. The minimum Gasteiger partial charge on any atom is -0.341 e. The Morgan fingerprint density at radius 3 is 2.63 bits per heavy atom. The molecule has 3 nitrogen and oxygen atoms in total. The topological polar surface area (TPSA) is 46.3 Å². The molecule has 0 aliphatic heterocycles. The lowest BCUT2D eigenvalue weighted by Gasteiger charge is -2.18. The molecule has 0 aliphatic rings. The van der Waals surface area contributed by atoms with Crippen molar-refractivity contribution < 1.29 is 13.6 Å². The van der Waals surface area contributed by atoms with Crippen molar-refractivity contribution in [1.29, 1.82) is 0 Å². The molecule has 0 bridgehead atoms. The van der Waals surface area contributed by atoms with Crippen LogP contribution >= 0.6 is 0 Å². The molecule has 1 atom stereocenters. The number of nitrogens with two attached hydrogens (primary N) is 1. The lowest BCUT2D eigenvalue weighted by atomic mass is 10.1. The largest absolute Gasteiger partial charge is 0.341 e. The number of hydrogen-bond acceptors (Lipinski definition) is 2. The van der Waals surface area contributed by atoms with E-state index in [1.54, 1.807) is 7.05 Å². The molecule has 0 aliphatic carbocycles. The zero-order chi connectivity index (χ0) is 14.4. The Morgan fingerprint density at radius 2 is 2.05 bits per heavy atom. The van der Waals surface area contributed by atoms with Crippen LogP contribution in [0.5, 0.6) is 0 Å². The van der Waals surface area contributed by atoms with Crippen molar-refractivity contribution in [2.24, 2.45) is 11.7 Å². The molecule has 0 fully saturated rings. The van der Waals surface area contributed by atoms with Gasteiger partial charge in [-0.2, -0.15) is 0 Å². The summed E-state index contributed by atoms with van der Waals surface area (Å²) in [5.74, 6) is -1.49. The van der Waals surface area contributed by atoms with Crippen molar-refractivity contribution in [2.45, 2.75) is 26.3 Å². The van der Waals surface area contributed by atoms with Crippen molar-refractivity contribution in [2.75, 3.05) is 13.6 Å². The molecular formula is C14H20F2N2O. The third kappa shape index (κ3) is 4.95. The van der Waals surface area contributed by atoms with Gasteiger partial charge < -0.3 is 10.6 Å². The first-order chi connectivity index (χ1) is 8.93. The van der Waals surface area contributed by atoms with Crippen molar-refractivity contribution in [3.63, 3.8) is 0 Å². The summed E-state index contributed by atoms with van der Waals surface area (Å²) in [6.45, 7) is 2.82. The van der Waals surface area contributed by atoms with Crippen LogP contribution in [0.4, 0.5) is 8.78 Å². The average molecular weight is 270 g/mol. The molecule has 0 radical (unpaired) electrons. The minimum absolute atomic E-state index is 0.0231. The molecule has 0 aromatic heterocycles. The summed E-state index contributed by atoms with van der Waals surface area (Å²) in [7, 11) is 1.65. The van der Waals surface area contributed by atoms with Crippen LogP contribution < -0.4 is 5.73 Å². The first kappa shape index (κ1) is 15.6. The third-order valence-electron chi connectivity index (χ3n) is 3.08. The van der Waals surface area contributed by atoms with Gasteiger partial charge in [0.05, 0.1) is 0 Å². The van der Waals surface area contributed by atoms with Crippen molar-refractivity contribution >= 4 is 5.91 Å². The lowest BCUT2D eigenvalue weighted by Crippen LogP contribution is -2.27. The standard InChI is InChI=1S/C14H20F2N2O/c1-10(8-17)3-6-14(19)18(2)9-11-4-5-12(15)13(16)7-11/h4-5,7,10H,3,6,8-9,17H2,1-2H3. The quantitative estimate of drug-likeness (QED) is 0.862. The normalized spacial score (nSPS) is 12.3. The number of rotatable bonds is 6. The number of halogens is 2. The van der Waals surface area contributed by atoms with Crippen molar-refractivity contribution in [1.82, 2.24) is 4.90 Å². The number of nitrogens with zero attached hydrogens (tertiary/aromatic N) is 1. The van der Waals surface area contributed by atoms with E-state index in [1.165, 1.54) is 11.0 Å². The van der Waals surface area contributed by atoms with E-state index in [0.717, 1.165) is 18.6 Å². The van der Waals surface area contributed by atoms with E-state index in [0.29, 0.717) is 24.4 Å². The Hall–Kier alpha value is -1.49. The van der Waals surface area contributed by atoms with Gasteiger partial charge in [-0.3, -0.25) is 4.79 Å². The second kappa shape index (κ2) is 7.19. The SMILES string of the molecule is CC(CN)CCC(=O)N(C)Cc1ccc(F)c(F)c1. The Bertz CT molecular complexity index is 437. The van der Waals surface area contributed by atoms with E-state index < -0.39 is 11.6 Å². The number of benzene rings is 1. The van der Waals surface area contributed by atoms with E-state index in [4.69, 9.17) is 5.73 Å². The van der Waals surface area contributed by atoms with Crippen LogP contribution in [-0.2, 0) is 11.3 Å². The van der Waals surface area contributed by atoms with Crippen LogP contribution in [0.1, 0.15) is 25.3 Å². The first-order valence-electron chi connectivity index (χ1n) is 6.32. The van der Waals surface area contributed by atoms with Gasteiger partial charge in [0.2, 0.25) is 5.91 Å². The highest BCUT2D eigenvalue weighted by molar-refractivity contribution is 5.75. The zero-order valence-electron chi connectivity index (χ0n) is 11.3. The molecule has 1 amide bonds. The predicted molar refractivity (Wildman–Crippen MR) is 70.3 cm³/mol. The van der Waals surface area contributed by atoms with Crippen molar-refractivity contribution in [3.8, 4) is 0 Å². The Morgan fingerprint density at radius 1 is 1.37 bits per heavy atom. The fourth-order valence-corrected chi connectivity index (χ4v) is 1.68. The summed E-state index contributed by atoms with van der Waals surface area (Å²) in [5, 5.41) is 0. The van der Waals surface area contributed by atoms with E-state index in [1.807, 2.05) is 6.92 Å². The fraction of sp³-hybridized carbons (Fsp3) is 0.500. The Balaban J connectivity index is 2.51. The third-order valence-corrected chi connectivity index (χ3v) is 3.08. The minimum atomic E-state index is -0.893. The smallest absolute Gasteiger partial charge is 0.222 e. The molecule has 19 heavy (non-hydrogen) atoms. The molecule has 5 heteroatoms. The molecule has 106 valence electrons. The molecule has 1 aromatic carbocycles. The number of amides is 1. The summed E-state index contributed by atoms with van der Waals surface area (Å²) in [6.07, 6.45) is 1.15. The highest BCUT2D eigenvalue weighted by Crippen LogP contribution is 2.12. The number of carbonyl (C=O) groups is 1. The highest BCUT2D eigenvalue weighted by Gasteiger charge is 2.12. The summed E-state index contributed by atoms with van der Waals surface area (Å²) in [4.78, 5) is 13.3. The molecule has 1 unspecified atom stereocenters. The van der Waals surface area contributed by atoms with Crippen LogP contribution in [0.25, 0.3) is 0 Å². The lowest BCUT2D eigenvalue weighted by molar-refractivity contribution is -0.130. The van der Waals surface area contributed by atoms with Gasteiger partial charge in [-0.1, -0.05) is 13.0 Å². The van der Waals surface area contributed by atoms with E-state index in [2.05, 4.69) is 0 Å². The van der Waals surface area contributed by atoms with Crippen LogP contribution in [0.3, 0.4) is 0 Å². The van der Waals surface area contributed by atoms with Gasteiger partial charge in [0.1, 0.15) is 0 Å². The van der Waals surface area contributed by atoms with Gasteiger partial charge in [-0.15, -0.1) is 0 Å². The maximum Gasteiger partial charge on any atom is 0.222 e. The van der Waals surface area contributed by atoms with E-state index >= 15 is 0 Å². The molecular weight excluding hydrogens is 250 g/mol. The van der Waals surface area contributed by atoms with E-state index in [-0.39, 0.29) is 12.5 Å². The maximum atomic E-state index is 13.0. The molecule has 1 rings (SSSR count). The van der Waals surface area contributed by atoms with Crippen LogP contribution in [-0.4, -0.2) is 24.4 Å². The summed E-state index contributed by atoms with van der Waals surface area (Å²) < 4.78 is 25.8. The Labute approximate surface area is 112 Å². The van der Waals surface area contributed by atoms with Crippen LogP contribution in [0, 0.1) is 17.6 Å². The van der Waals surface area contributed by atoms with Crippen LogP contribution in [0.2, 0.25) is 0 Å². The molecule has 2 N–H and O–H groups in total. The summed E-state index contributed by atoms with van der Waals surface area (Å²) >= 11 is 0. The number of carbonyl (C=O) groups excluding carboxylic acids is 1. The van der Waals surface area contributed by atoms with Gasteiger partial charge in [-0.25, -0.2) is 8.78 Å². The monoisotopic (exact) mass is 270 g/mol. The second-order valence-electron chi connectivity index (χ2n) is 4.88. The van der Waals surface area contributed by atoms with E-state index in [9.17, 15) is 13.6 Å². The molecule has 0 spiro atoms. The van der Waals surface area contributed by atoms with Gasteiger partial charge in [-0.05, 0) is 36.6 Å². The second-order valence-corrected chi connectivity index (χ2v) is 4.88. The van der Waals surface area contributed by atoms with Gasteiger partial charge in [0.25, 0.3) is 0 Å². The predicted octanol–water partition coefficient (Wildman–Crippen LogP) is 2.30. The zero-order valence-corrected chi connectivity index (χ0v) is 11.3. The Kier molecular flexibility index (Phi) is 5.89. The fourth-order valence-electron chi connectivity index (χ4n) is 1.68. The van der Waals surface area contributed by atoms with Crippen molar-refractivity contribution in [3.05, 3.63) is 35.4 Å². The average Bonchev–Trinajstić information content (AvgIpc) is 2.39. The molecule has 0 saturated carbocycles. The summed E-state index contributed by atoms with van der Waals surface area (Å²) in [6, 6.07) is 3.66. The van der Waals surface area contributed by atoms with Crippen LogP contribution in [0.15, 0.2) is 18.2 Å². The number of hydrogen-bond donors (Lipinski definition) is 1. The van der Waals surface area contributed by atoms with Gasteiger partial charge in [0.15, 0.2) is 11.6 Å². The molecule has 0 heterocycles. The van der Waals surface area contributed by atoms with Gasteiger partial charge >= 0.3 is 0 Å². The maximum absolute atomic E-state index is 13.0. The van der Waals surface area contributed by atoms with Gasteiger partial charge in [0, 0.05) is 20.0 Å².